The van der Waals surface area contributed by atoms with Gasteiger partial charge in [-0.3, -0.25) is 4.79 Å². The van der Waals surface area contributed by atoms with Crippen molar-refractivity contribution in [2.75, 3.05) is 27.1 Å². The van der Waals surface area contributed by atoms with E-state index in [2.05, 4.69) is 44.2 Å². The van der Waals surface area contributed by atoms with Crippen molar-refractivity contribution in [1.29, 1.82) is 0 Å². The Morgan fingerprint density at radius 3 is 2.73 bits per heavy atom. The largest absolute Gasteiger partial charge is 0.383 e. The van der Waals surface area contributed by atoms with Crippen LogP contribution in [-0.4, -0.2) is 43.2 Å². The molecule has 0 aromatic carbocycles. The van der Waals surface area contributed by atoms with E-state index in [1.165, 1.54) is 0 Å². The van der Waals surface area contributed by atoms with Gasteiger partial charge in [0.25, 0.3) is 5.91 Å². The summed E-state index contributed by atoms with van der Waals surface area (Å²) >= 11 is 1.54. The number of rotatable bonds is 4. The van der Waals surface area contributed by atoms with Crippen LogP contribution >= 0.6 is 11.3 Å². The van der Waals surface area contributed by atoms with Crippen LogP contribution in [0.4, 0.5) is 0 Å². The predicted molar refractivity (Wildman–Crippen MR) is 100.0 cm³/mol. The maximum atomic E-state index is 13.4. The van der Waals surface area contributed by atoms with Crippen LogP contribution in [0.25, 0.3) is 0 Å². The maximum absolute atomic E-state index is 13.4. The molecule has 1 aliphatic carbocycles. The highest BCUT2D eigenvalue weighted by Gasteiger charge is 2.66. The summed E-state index contributed by atoms with van der Waals surface area (Å²) in [6.45, 7) is 12.5. The first-order valence-corrected chi connectivity index (χ1v) is 9.97. The van der Waals surface area contributed by atoms with Crippen LogP contribution in [0.3, 0.4) is 0 Å². The van der Waals surface area contributed by atoms with E-state index < -0.39 is 5.60 Å². The second kappa shape index (κ2) is 6.86. The number of fused-ring (bicyclic) bond motifs is 2. The standard InChI is InChI=1S/C19H30N2O4S/c1-13-14(2)26-16(21(13)9-10-23-6)20-15(22)19-8-7-18(5,17(19,3)4)11-24-12-25-19/h7-12H2,1-6H3/b20-16-/t18-,19+/m1/s1. The Morgan fingerprint density at radius 1 is 1.31 bits per heavy atom. The third kappa shape index (κ3) is 2.80. The molecule has 0 spiro atoms. The lowest BCUT2D eigenvalue weighted by Gasteiger charge is -2.43. The number of ether oxygens (including phenoxy) is 3. The summed E-state index contributed by atoms with van der Waals surface area (Å²) in [5.41, 5.74) is -0.252. The topological polar surface area (TPSA) is 62.1 Å². The van der Waals surface area contributed by atoms with Crippen molar-refractivity contribution in [1.82, 2.24) is 4.57 Å². The van der Waals surface area contributed by atoms with E-state index in [0.29, 0.717) is 26.2 Å². The molecule has 7 heteroatoms. The Labute approximate surface area is 159 Å². The Morgan fingerprint density at radius 2 is 2.04 bits per heavy atom. The number of carbonyl (C=O) groups is 1. The lowest BCUT2D eigenvalue weighted by atomic mass is 9.64. The smallest absolute Gasteiger partial charge is 0.281 e. The SMILES string of the molecule is COCCn1c(C)c(C)s/c1=N\C(=O)[C@]12CC[C@](C)(COCO1)C2(C)C. The molecule has 1 amide bonds. The van der Waals surface area contributed by atoms with E-state index >= 15 is 0 Å². The minimum absolute atomic E-state index is 0.0953. The highest BCUT2D eigenvalue weighted by Crippen LogP contribution is 2.61. The summed E-state index contributed by atoms with van der Waals surface area (Å²) in [6, 6.07) is 0. The number of thiazole rings is 1. The molecule has 2 heterocycles. The van der Waals surface area contributed by atoms with Gasteiger partial charge in [-0.25, -0.2) is 0 Å². The Hall–Kier alpha value is -1.02. The molecule has 26 heavy (non-hydrogen) atoms. The molecule has 0 unspecified atom stereocenters. The number of hydrogen-bond donors (Lipinski definition) is 0. The molecule has 1 aromatic rings. The van der Waals surface area contributed by atoms with Crippen LogP contribution in [0.15, 0.2) is 4.99 Å². The molecule has 2 bridgehead atoms. The van der Waals surface area contributed by atoms with Crippen molar-refractivity contribution in [2.24, 2.45) is 15.8 Å². The number of nitrogens with zero attached hydrogens (tertiary/aromatic N) is 2. The number of carbonyl (C=O) groups excluding carboxylic acids is 1. The van der Waals surface area contributed by atoms with Gasteiger partial charge < -0.3 is 18.8 Å². The van der Waals surface area contributed by atoms with Gasteiger partial charge in [-0.05, 0) is 32.1 Å². The van der Waals surface area contributed by atoms with E-state index in [4.69, 9.17) is 14.2 Å². The fourth-order valence-electron chi connectivity index (χ4n) is 4.22. The molecule has 2 fully saturated rings. The summed E-state index contributed by atoms with van der Waals surface area (Å²) < 4.78 is 19.0. The Bertz CT molecular complexity index is 762. The van der Waals surface area contributed by atoms with E-state index in [9.17, 15) is 4.79 Å². The van der Waals surface area contributed by atoms with Gasteiger partial charge in [0.05, 0.1) is 13.2 Å². The van der Waals surface area contributed by atoms with Crippen molar-refractivity contribution >= 4 is 17.2 Å². The molecule has 1 saturated carbocycles. The lowest BCUT2D eigenvalue weighted by molar-refractivity contribution is -0.174. The van der Waals surface area contributed by atoms with Crippen molar-refractivity contribution in [2.45, 2.75) is 59.6 Å². The Kier molecular flexibility index (Phi) is 5.20. The monoisotopic (exact) mass is 382 g/mol. The maximum Gasteiger partial charge on any atom is 0.281 e. The van der Waals surface area contributed by atoms with Gasteiger partial charge in [-0.1, -0.05) is 20.8 Å². The molecular weight excluding hydrogens is 352 g/mol. The van der Waals surface area contributed by atoms with Gasteiger partial charge in [0.1, 0.15) is 6.79 Å². The number of aromatic nitrogens is 1. The summed E-state index contributed by atoms with van der Waals surface area (Å²) in [6.07, 6.45) is 1.58. The first kappa shape index (κ1) is 19.7. The van der Waals surface area contributed by atoms with E-state index in [-0.39, 0.29) is 23.5 Å². The second-order valence-electron chi connectivity index (χ2n) is 8.21. The summed E-state index contributed by atoms with van der Waals surface area (Å²) in [4.78, 5) is 19.9. The molecule has 1 aliphatic heterocycles. The molecule has 0 radical (unpaired) electrons. The molecule has 1 saturated heterocycles. The van der Waals surface area contributed by atoms with Crippen molar-refractivity contribution in [3.8, 4) is 0 Å². The van der Waals surface area contributed by atoms with E-state index in [0.717, 1.165) is 21.8 Å². The van der Waals surface area contributed by atoms with Crippen molar-refractivity contribution in [3.63, 3.8) is 0 Å². The zero-order chi connectivity index (χ0) is 19.2. The molecule has 6 nitrogen and oxygen atoms in total. The first-order chi connectivity index (χ1) is 12.2. The van der Waals surface area contributed by atoms with Gasteiger partial charge in [0.15, 0.2) is 10.4 Å². The van der Waals surface area contributed by atoms with E-state index in [1.54, 1.807) is 18.4 Å². The fourth-order valence-corrected chi connectivity index (χ4v) is 5.22. The van der Waals surface area contributed by atoms with Gasteiger partial charge in [-0.15, -0.1) is 11.3 Å². The van der Waals surface area contributed by atoms with Crippen LogP contribution in [0.1, 0.15) is 44.2 Å². The van der Waals surface area contributed by atoms with Crippen LogP contribution in [0.5, 0.6) is 0 Å². The molecule has 3 rings (SSSR count). The molecular formula is C19H30N2O4S. The third-order valence-corrected chi connectivity index (χ3v) is 7.90. The summed E-state index contributed by atoms with van der Waals surface area (Å²) in [5.74, 6) is -0.191. The number of methoxy groups -OCH3 is 1. The number of hydrogen-bond acceptors (Lipinski definition) is 5. The third-order valence-electron chi connectivity index (χ3n) is 6.81. The zero-order valence-corrected chi connectivity index (χ0v) is 17.5. The fraction of sp³-hybridized carbons (Fsp3) is 0.789. The molecule has 2 atom stereocenters. The van der Waals surface area contributed by atoms with Gasteiger partial charge in [-0.2, -0.15) is 4.99 Å². The molecule has 0 N–H and O–H groups in total. The minimum atomic E-state index is -0.927. The van der Waals surface area contributed by atoms with Crippen molar-refractivity contribution in [3.05, 3.63) is 15.4 Å². The number of amides is 1. The normalized spacial score (nSPS) is 31.2. The Balaban J connectivity index is 2.05. The van der Waals surface area contributed by atoms with Crippen LogP contribution in [0.2, 0.25) is 0 Å². The molecule has 2 aliphatic rings. The van der Waals surface area contributed by atoms with Gasteiger partial charge in [0, 0.05) is 29.6 Å². The zero-order valence-electron chi connectivity index (χ0n) is 16.7. The summed E-state index contributed by atoms with van der Waals surface area (Å²) in [5, 5.41) is 0. The van der Waals surface area contributed by atoms with Crippen LogP contribution < -0.4 is 4.80 Å². The molecule has 1 aromatic heterocycles. The second-order valence-corrected chi connectivity index (χ2v) is 9.39. The minimum Gasteiger partial charge on any atom is -0.383 e. The highest BCUT2D eigenvalue weighted by atomic mass is 32.1. The first-order valence-electron chi connectivity index (χ1n) is 9.15. The number of aryl methyl sites for hydroxylation is 1. The average Bonchev–Trinajstić information content (AvgIpc) is 2.90. The molecule has 146 valence electrons. The lowest BCUT2D eigenvalue weighted by Crippen LogP contribution is -2.53. The van der Waals surface area contributed by atoms with Gasteiger partial charge in [0.2, 0.25) is 0 Å². The van der Waals surface area contributed by atoms with E-state index in [1.807, 2.05) is 0 Å². The van der Waals surface area contributed by atoms with Crippen LogP contribution in [0, 0.1) is 24.7 Å². The van der Waals surface area contributed by atoms with Crippen LogP contribution in [-0.2, 0) is 25.5 Å². The van der Waals surface area contributed by atoms with Gasteiger partial charge >= 0.3 is 0 Å². The average molecular weight is 383 g/mol. The predicted octanol–water partition coefficient (Wildman–Crippen LogP) is 2.81. The van der Waals surface area contributed by atoms with Crippen molar-refractivity contribution < 1.29 is 19.0 Å². The highest BCUT2D eigenvalue weighted by molar-refractivity contribution is 7.09. The quantitative estimate of drug-likeness (QED) is 0.803. The summed E-state index contributed by atoms with van der Waals surface area (Å²) in [7, 11) is 1.68.